The average Bonchev–Trinajstić information content (AvgIpc) is 2.92. The average molecular weight is 548 g/mol. The summed E-state index contributed by atoms with van der Waals surface area (Å²) >= 11 is 0. The molecular formula is C31H30FNO7. The first-order valence-corrected chi connectivity index (χ1v) is 12.9. The van der Waals surface area contributed by atoms with Crippen molar-refractivity contribution in [2.24, 2.45) is 0 Å². The van der Waals surface area contributed by atoms with E-state index in [1.807, 2.05) is 13.8 Å². The van der Waals surface area contributed by atoms with Crippen LogP contribution in [0.2, 0.25) is 0 Å². The van der Waals surface area contributed by atoms with E-state index in [2.05, 4.69) is 5.32 Å². The molecule has 208 valence electrons. The van der Waals surface area contributed by atoms with Gasteiger partial charge in [0, 0.05) is 24.7 Å². The van der Waals surface area contributed by atoms with Gasteiger partial charge in [-0.25, -0.2) is 9.18 Å². The van der Waals surface area contributed by atoms with Crippen molar-refractivity contribution in [3.8, 4) is 22.6 Å². The molecular weight excluding hydrogens is 517 g/mol. The monoisotopic (exact) mass is 547 g/mol. The summed E-state index contributed by atoms with van der Waals surface area (Å²) < 4.78 is 36.9. The molecule has 40 heavy (non-hydrogen) atoms. The fraction of sp³-hybridized carbons (Fsp3) is 0.290. The lowest BCUT2D eigenvalue weighted by atomic mass is 9.94. The van der Waals surface area contributed by atoms with Crippen LogP contribution < -0.4 is 15.7 Å². The molecule has 0 spiro atoms. The topological polar surface area (TPSA) is 107 Å². The van der Waals surface area contributed by atoms with Gasteiger partial charge in [0.15, 0.2) is 11.4 Å². The Bertz CT molecular complexity index is 1650. The number of halogens is 1. The standard InChI is InChI=1S/C31H30FNO7/c1-17-23(38-25-14-13-24(37-4)31(2,3)40-25)12-11-22-27(34)26(30(36)39-28(17)22)33-29(35)20-9-5-7-18(15-20)19-8-6-10-21(32)16-19/h5-12,15-16,24-25,34H,13-14H2,1-4H3,(H,33,35)/t24-,25-/m1/s1. The maximum Gasteiger partial charge on any atom is 0.364 e. The number of amides is 1. The van der Waals surface area contributed by atoms with Crippen molar-refractivity contribution in [1.82, 2.24) is 0 Å². The van der Waals surface area contributed by atoms with E-state index in [1.165, 1.54) is 12.1 Å². The minimum absolute atomic E-state index is 0.0579. The predicted molar refractivity (Wildman–Crippen MR) is 148 cm³/mol. The number of aryl methyl sites for hydroxylation is 1. The predicted octanol–water partition coefficient (Wildman–Crippen LogP) is 6.17. The van der Waals surface area contributed by atoms with Gasteiger partial charge in [0.25, 0.3) is 5.91 Å². The molecule has 0 radical (unpaired) electrons. The number of hydrogen-bond acceptors (Lipinski definition) is 7. The first-order valence-electron chi connectivity index (χ1n) is 12.9. The lowest BCUT2D eigenvalue weighted by molar-refractivity contribution is -0.233. The second-order valence-corrected chi connectivity index (χ2v) is 10.3. The molecule has 1 amide bonds. The van der Waals surface area contributed by atoms with Crippen LogP contribution in [0.3, 0.4) is 0 Å². The number of hydrogen-bond donors (Lipinski definition) is 2. The van der Waals surface area contributed by atoms with E-state index in [4.69, 9.17) is 18.6 Å². The summed E-state index contributed by atoms with van der Waals surface area (Å²) in [5, 5.41) is 13.7. The molecule has 1 fully saturated rings. The second kappa shape index (κ2) is 10.7. The molecule has 2 atom stereocenters. The van der Waals surface area contributed by atoms with Crippen LogP contribution in [0.15, 0.2) is 69.9 Å². The van der Waals surface area contributed by atoms with Gasteiger partial charge in [-0.3, -0.25) is 4.79 Å². The third-order valence-corrected chi connectivity index (χ3v) is 7.19. The number of nitrogens with one attached hydrogen (secondary N) is 1. The fourth-order valence-electron chi connectivity index (χ4n) is 5.03. The number of aromatic hydroxyl groups is 1. The Hall–Kier alpha value is -4.21. The van der Waals surface area contributed by atoms with Gasteiger partial charge in [0.1, 0.15) is 17.1 Å². The highest BCUT2D eigenvalue weighted by Crippen LogP contribution is 2.37. The Kier molecular flexibility index (Phi) is 7.35. The number of benzene rings is 3. The van der Waals surface area contributed by atoms with Gasteiger partial charge < -0.3 is 29.1 Å². The highest BCUT2D eigenvalue weighted by atomic mass is 19.1. The molecule has 5 rings (SSSR count). The van der Waals surface area contributed by atoms with Gasteiger partial charge in [-0.2, -0.15) is 0 Å². The Morgan fingerprint density at radius 1 is 1.07 bits per heavy atom. The number of carbonyl (C=O) groups excluding carboxylic acids is 1. The maximum absolute atomic E-state index is 13.7. The molecule has 1 saturated heterocycles. The number of anilines is 1. The Morgan fingerprint density at radius 2 is 1.80 bits per heavy atom. The molecule has 2 heterocycles. The Labute approximate surface area is 230 Å². The quantitative estimate of drug-likeness (QED) is 0.278. The number of carbonyl (C=O) groups is 1. The van der Waals surface area contributed by atoms with Crippen LogP contribution >= 0.6 is 0 Å². The first-order chi connectivity index (χ1) is 19.1. The third-order valence-electron chi connectivity index (χ3n) is 7.19. The fourth-order valence-corrected chi connectivity index (χ4v) is 5.03. The van der Waals surface area contributed by atoms with E-state index in [-0.39, 0.29) is 28.3 Å². The van der Waals surface area contributed by atoms with Crippen LogP contribution in [0.5, 0.6) is 11.5 Å². The van der Waals surface area contributed by atoms with E-state index >= 15 is 0 Å². The van der Waals surface area contributed by atoms with Crippen LogP contribution in [0.4, 0.5) is 10.1 Å². The molecule has 1 aliphatic rings. The van der Waals surface area contributed by atoms with Crippen LogP contribution in [-0.2, 0) is 9.47 Å². The zero-order chi connectivity index (χ0) is 28.6. The molecule has 0 aliphatic carbocycles. The summed E-state index contributed by atoms with van der Waals surface area (Å²) in [4.78, 5) is 25.9. The number of fused-ring (bicyclic) bond motifs is 1. The minimum Gasteiger partial charge on any atom is -0.505 e. The van der Waals surface area contributed by atoms with Crippen LogP contribution in [0, 0.1) is 12.7 Å². The molecule has 0 saturated carbocycles. The van der Waals surface area contributed by atoms with Gasteiger partial charge in [-0.15, -0.1) is 0 Å². The van der Waals surface area contributed by atoms with Crippen molar-refractivity contribution in [3.05, 3.63) is 88.0 Å². The summed E-state index contributed by atoms with van der Waals surface area (Å²) in [6.45, 7) is 5.59. The Morgan fingerprint density at radius 3 is 2.50 bits per heavy atom. The third kappa shape index (κ3) is 5.30. The van der Waals surface area contributed by atoms with Crippen molar-refractivity contribution in [2.45, 2.75) is 51.6 Å². The van der Waals surface area contributed by atoms with E-state index in [9.17, 15) is 19.1 Å². The number of methoxy groups -OCH3 is 1. The smallest absolute Gasteiger partial charge is 0.364 e. The minimum atomic E-state index is -0.919. The SMILES string of the molecule is CO[C@@H]1CC[C@H](Oc2ccc3c(O)c(NC(=O)c4cccc(-c5cccc(F)c5)c4)c(=O)oc3c2C)OC1(C)C. The molecule has 8 nitrogen and oxygen atoms in total. The summed E-state index contributed by atoms with van der Waals surface area (Å²) in [6.07, 6.45) is 0.780. The molecule has 4 aromatic rings. The van der Waals surface area contributed by atoms with E-state index in [0.717, 1.165) is 6.42 Å². The molecule has 2 N–H and O–H groups in total. The lowest BCUT2D eigenvalue weighted by Crippen LogP contribution is -2.49. The largest absolute Gasteiger partial charge is 0.505 e. The summed E-state index contributed by atoms with van der Waals surface area (Å²) in [7, 11) is 1.65. The molecule has 3 aromatic carbocycles. The van der Waals surface area contributed by atoms with Crippen LogP contribution in [0.1, 0.15) is 42.6 Å². The summed E-state index contributed by atoms with van der Waals surface area (Å²) in [6, 6.07) is 15.7. The number of rotatable bonds is 6. The summed E-state index contributed by atoms with van der Waals surface area (Å²) in [5.41, 5.74) is 0.216. The Balaban J connectivity index is 1.40. The maximum atomic E-state index is 13.7. The van der Waals surface area contributed by atoms with Crippen LogP contribution in [0.25, 0.3) is 22.1 Å². The van der Waals surface area contributed by atoms with Gasteiger partial charge in [-0.1, -0.05) is 24.3 Å². The zero-order valence-electron chi connectivity index (χ0n) is 22.6. The van der Waals surface area contributed by atoms with Crippen molar-refractivity contribution in [2.75, 3.05) is 12.4 Å². The molecule has 0 unspecified atom stereocenters. The zero-order valence-corrected chi connectivity index (χ0v) is 22.6. The molecule has 9 heteroatoms. The lowest BCUT2D eigenvalue weighted by Gasteiger charge is -2.41. The summed E-state index contributed by atoms with van der Waals surface area (Å²) in [5.74, 6) is -1.01. The van der Waals surface area contributed by atoms with E-state index in [0.29, 0.717) is 28.9 Å². The van der Waals surface area contributed by atoms with E-state index < -0.39 is 35.0 Å². The highest BCUT2D eigenvalue weighted by molar-refractivity contribution is 6.07. The second-order valence-electron chi connectivity index (χ2n) is 10.3. The highest BCUT2D eigenvalue weighted by Gasteiger charge is 2.39. The molecule has 1 aliphatic heterocycles. The van der Waals surface area contributed by atoms with Gasteiger partial charge in [0.2, 0.25) is 6.29 Å². The normalized spacial score (nSPS) is 18.4. The van der Waals surface area contributed by atoms with Crippen molar-refractivity contribution >= 4 is 22.6 Å². The van der Waals surface area contributed by atoms with E-state index in [1.54, 1.807) is 62.6 Å². The van der Waals surface area contributed by atoms with Crippen molar-refractivity contribution < 1.29 is 32.9 Å². The van der Waals surface area contributed by atoms with Gasteiger partial charge in [0.05, 0.1) is 17.1 Å². The first kappa shape index (κ1) is 27.4. The molecule has 1 aromatic heterocycles. The van der Waals surface area contributed by atoms with Crippen molar-refractivity contribution in [3.63, 3.8) is 0 Å². The van der Waals surface area contributed by atoms with Gasteiger partial charge >= 0.3 is 5.63 Å². The van der Waals surface area contributed by atoms with Crippen molar-refractivity contribution in [1.29, 1.82) is 0 Å². The number of ether oxygens (including phenoxy) is 3. The van der Waals surface area contributed by atoms with Crippen LogP contribution in [-0.4, -0.2) is 36.1 Å². The molecule has 0 bridgehead atoms. The van der Waals surface area contributed by atoms with Gasteiger partial charge in [-0.05, 0) is 74.7 Å².